The lowest BCUT2D eigenvalue weighted by Gasteiger charge is -2.26. The first kappa shape index (κ1) is 28.2. The van der Waals surface area contributed by atoms with Crippen molar-refractivity contribution in [2.24, 2.45) is 0 Å². The van der Waals surface area contributed by atoms with Crippen LogP contribution in [0.5, 0.6) is 0 Å². The molecule has 3 heterocycles. The van der Waals surface area contributed by atoms with E-state index in [1.165, 1.54) is 25.5 Å². The molecule has 6 rings (SSSR count). The van der Waals surface area contributed by atoms with E-state index in [-0.39, 0.29) is 12.3 Å². The van der Waals surface area contributed by atoms with E-state index < -0.39 is 9.84 Å². The molecule has 0 saturated heterocycles. The monoisotopic (exact) mass is 586 g/mol. The number of hydrogen-bond acceptors (Lipinski definition) is 7. The number of imidazole rings is 1. The third kappa shape index (κ3) is 5.83. The molecular weight excluding hydrogens is 548 g/mol. The van der Waals surface area contributed by atoms with E-state index in [0.29, 0.717) is 11.4 Å². The largest absolute Gasteiger partial charge is 0.476 e. The molecule has 1 unspecified atom stereocenters. The Morgan fingerprint density at radius 2 is 1.81 bits per heavy atom. The van der Waals surface area contributed by atoms with Crippen LogP contribution in [-0.4, -0.2) is 43.1 Å². The molecule has 0 radical (unpaired) electrons. The fourth-order valence-electron chi connectivity index (χ4n) is 5.94. The molecule has 0 bridgehead atoms. The number of aromatic nitrogens is 2. The van der Waals surface area contributed by atoms with Crippen LogP contribution in [0.15, 0.2) is 82.9 Å². The van der Waals surface area contributed by atoms with E-state index >= 15 is 0 Å². The van der Waals surface area contributed by atoms with Gasteiger partial charge in [0, 0.05) is 30.1 Å². The van der Waals surface area contributed by atoms with Crippen molar-refractivity contribution in [2.45, 2.75) is 70.1 Å². The maximum absolute atomic E-state index is 12.3. The highest BCUT2D eigenvalue weighted by Crippen LogP contribution is 2.37. The van der Waals surface area contributed by atoms with Gasteiger partial charge in [0.2, 0.25) is 0 Å². The second kappa shape index (κ2) is 11.4. The number of nitrogens with zero attached hydrogens (tertiary/aromatic N) is 2. The third-order valence-corrected chi connectivity index (χ3v) is 9.13. The van der Waals surface area contributed by atoms with Crippen molar-refractivity contribution in [3.63, 3.8) is 0 Å². The van der Waals surface area contributed by atoms with Crippen LogP contribution >= 0.6 is 0 Å². The Hall–Kier alpha value is -3.98. The Balaban J connectivity index is 1.44. The van der Waals surface area contributed by atoms with E-state index in [1.807, 2.05) is 45.2 Å². The van der Waals surface area contributed by atoms with Crippen molar-refractivity contribution in [1.29, 1.82) is 0 Å². The highest BCUT2D eigenvalue weighted by atomic mass is 32.2. The maximum atomic E-state index is 12.3. The number of dihydropyridines is 1. The van der Waals surface area contributed by atoms with Crippen molar-refractivity contribution in [2.75, 3.05) is 12.8 Å². The summed E-state index contributed by atoms with van der Waals surface area (Å²) in [4.78, 5) is 4.93. The normalized spacial score (nSPS) is 19.5. The van der Waals surface area contributed by atoms with Crippen molar-refractivity contribution < 1.29 is 17.9 Å². The molecule has 2 N–H and O–H groups in total. The van der Waals surface area contributed by atoms with Gasteiger partial charge in [0.25, 0.3) is 0 Å². The fraction of sp³-hybridized carbons (Fsp3) is 0.364. The number of rotatable bonds is 7. The van der Waals surface area contributed by atoms with Crippen LogP contribution in [0.1, 0.15) is 56.1 Å². The highest BCUT2D eigenvalue weighted by molar-refractivity contribution is 7.90. The molecule has 9 heteroatoms. The Morgan fingerprint density at radius 3 is 2.50 bits per heavy atom. The summed E-state index contributed by atoms with van der Waals surface area (Å²) in [6.07, 6.45) is 13.3. The lowest BCUT2D eigenvalue weighted by molar-refractivity contribution is 0.0705. The quantitative estimate of drug-likeness (QED) is 0.355. The first-order valence-corrected chi connectivity index (χ1v) is 16.5. The molecule has 1 aliphatic carbocycles. The first-order valence-electron chi connectivity index (χ1n) is 14.6. The molecule has 2 aromatic carbocycles. The summed E-state index contributed by atoms with van der Waals surface area (Å²) in [5.41, 5.74) is 6.44. The number of hydrogen-bond donors (Lipinski definition) is 2. The molecule has 220 valence electrons. The van der Waals surface area contributed by atoms with Crippen LogP contribution < -0.4 is 10.6 Å². The molecule has 2 aliphatic heterocycles. The molecular formula is C33H38N4O4S. The predicted molar refractivity (Wildman–Crippen MR) is 164 cm³/mol. The summed E-state index contributed by atoms with van der Waals surface area (Å²) in [6.45, 7) is 6.54. The number of benzene rings is 2. The summed E-state index contributed by atoms with van der Waals surface area (Å²) in [5.74, 6) is 2.46. The van der Waals surface area contributed by atoms with Gasteiger partial charge in [-0.05, 0) is 94.0 Å². The predicted octanol–water partition coefficient (Wildman–Crippen LogP) is 5.91. The number of ether oxygens (including phenoxy) is 2. The smallest absolute Gasteiger partial charge is 0.187 e. The van der Waals surface area contributed by atoms with E-state index in [0.717, 1.165) is 69.7 Å². The minimum atomic E-state index is -3.34. The molecule has 1 saturated carbocycles. The Morgan fingerprint density at radius 1 is 1.02 bits per heavy atom. The van der Waals surface area contributed by atoms with Gasteiger partial charge in [0.15, 0.2) is 27.7 Å². The zero-order valence-electron chi connectivity index (χ0n) is 24.6. The Kier molecular flexibility index (Phi) is 7.62. The van der Waals surface area contributed by atoms with Crippen LogP contribution in [0.2, 0.25) is 0 Å². The van der Waals surface area contributed by atoms with Gasteiger partial charge in [-0.1, -0.05) is 24.6 Å². The number of aryl methyl sites for hydroxylation is 2. The van der Waals surface area contributed by atoms with Gasteiger partial charge in [-0.2, -0.15) is 0 Å². The van der Waals surface area contributed by atoms with Gasteiger partial charge in [0.1, 0.15) is 11.9 Å². The molecule has 3 aliphatic rings. The summed E-state index contributed by atoms with van der Waals surface area (Å²) < 4.78 is 39.3. The highest BCUT2D eigenvalue weighted by Gasteiger charge is 2.29. The van der Waals surface area contributed by atoms with Crippen molar-refractivity contribution in [1.82, 2.24) is 20.2 Å². The maximum Gasteiger partial charge on any atom is 0.187 e. The van der Waals surface area contributed by atoms with E-state index in [4.69, 9.17) is 9.47 Å². The van der Waals surface area contributed by atoms with Gasteiger partial charge in [-0.3, -0.25) is 0 Å². The second-order valence-corrected chi connectivity index (χ2v) is 13.4. The van der Waals surface area contributed by atoms with Crippen molar-refractivity contribution >= 4 is 15.5 Å². The van der Waals surface area contributed by atoms with Crippen molar-refractivity contribution in [3.8, 4) is 16.8 Å². The van der Waals surface area contributed by atoms with Crippen LogP contribution in [0.3, 0.4) is 0 Å². The van der Waals surface area contributed by atoms with Crippen LogP contribution in [0.25, 0.3) is 22.5 Å². The summed E-state index contributed by atoms with van der Waals surface area (Å²) >= 11 is 0. The Labute approximate surface area is 248 Å². The van der Waals surface area contributed by atoms with E-state index in [2.05, 4.69) is 38.4 Å². The minimum absolute atomic E-state index is 0.226. The molecule has 3 aromatic rings. The van der Waals surface area contributed by atoms with Gasteiger partial charge in [0.05, 0.1) is 22.0 Å². The van der Waals surface area contributed by atoms with Crippen LogP contribution in [0, 0.1) is 13.8 Å². The molecule has 1 aromatic heterocycles. The van der Waals surface area contributed by atoms with Gasteiger partial charge in [-0.15, -0.1) is 0 Å². The molecule has 8 nitrogen and oxygen atoms in total. The fourth-order valence-corrected chi connectivity index (χ4v) is 6.61. The summed E-state index contributed by atoms with van der Waals surface area (Å²) in [7, 11) is -3.34. The minimum Gasteiger partial charge on any atom is -0.476 e. The standard InChI is InChI=1S/C33H38N4O4S/c1-21-20-37(22(2)35-21)30-15-13-25(24-9-8-12-28(17-24)42(4,38)39)18-29(30)32-33(40-23(3)36-32)26-14-16-31(34-19-26)41-27-10-6-5-7-11-27/h8-9,12-18,20,23,27,34,36H,5-7,10-11,19H2,1-4H3. The average molecular weight is 587 g/mol. The van der Waals surface area contributed by atoms with Crippen LogP contribution in [-0.2, 0) is 19.3 Å². The third-order valence-electron chi connectivity index (χ3n) is 8.02. The lowest BCUT2D eigenvalue weighted by Crippen LogP contribution is -2.27. The lowest BCUT2D eigenvalue weighted by atomic mass is 9.97. The average Bonchev–Trinajstić information content (AvgIpc) is 3.54. The van der Waals surface area contributed by atoms with Gasteiger partial charge < -0.3 is 24.7 Å². The van der Waals surface area contributed by atoms with Gasteiger partial charge in [-0.25, -0.2) is 13.4 Å². The van der Waals surface area contributed by atoms with E-state index in [9.17, 15) is 8.42 Å². The number of allylic oxidation sites excluding steroid dienone is 2. The zero-order chi connectivity index (χ0) is 29.4. The summed E-state index contributed by atoms with van der Waals surface area (Å²) in [5, 5.41) is 7.01. The molecule has 42 heavy (non-hydrogen) atoms. The number of sulfone groups is 1. The topological polar surface area (TPSA) is 94.5 Å². The Bertz CT molecular complexity index is 1710. The summed E-state index contributed by atoms with van der Waals surface area (Å²) in [6, 6.07) is 13.2. The zero-order valence-corrected chi connectivity index (χ0v) is 25.4. The van der Waals surface area contributed by atoms with E-state index in [1.54, 1.807) is 18.2 Å². The van der Waals surface area contributed by atoms with Crippen molar-refractivity contribution in [3.05, 3.63) is 95.1 Å². The first-order chi connectivity index (χ1) is 20.2. The SMILES string of the molecule is Cc1cn(-c2ccc(-c3cccc(S(C)(=O)=O)c3)cc2C2=C(C3=CC=C(OC4CCCCC4)NC3)OC(C)N2)c(C)n1. The van der Waals surface area contributed by atoms with Crippen LogP contribution in [0.4, 0.5) is 0 Å². The second-order valence-electron chi connectivity index (χ2n) is 11.4. The molecule has 0 amide bonds. The molecule has 1 atom stereocenters. The van der Waals surface area contributed by atoms with Gasteiger partial charge >= 0.3 is 0 Å². The molecule has 1 fully saturated rings. The number of nitrogens with one attached hydrogen (secondary N) is 2. The molecule has 0 spiro atoms.